The molecule has 0 amide bonds. The highest BCUT2D eigenvalue weighted by Gasteiger charge is 2.22. The molecule has 1 N–H and O–H groups in total. The fourth-order valence-corrected chi connectivity index (χ4v) is 3.03. The summed E-state index contributed by atoms with van der Waals surface area (Å²) in [4.78, 5) is 2.56. The fraction of sp³-hybridized carbons (Fsp3) is 1.00. The van der Waals surface area contributed by atoms with Crippen LogP contribution in [0.15, 0.2) is 0 Å². The highest BCUT2D eigenvalue weighted by atomic mass is 16.5. The molecule has 0 aromatic carbocycles. The summed E-state index contributed by atoms with van der Waals surface area (Å²) in [7, 11) is 0. The van der Waals surface area contributed by atoms with E-state index in [2.05, 4.69) is 24.1 Å². The van der Waals surface area contributed by atoms with Crippen LogP contribution in [0.4, 0.5) is 0 Å². The molecular weight excluding hydrogens is 200 g/mol. The van der Waals surface area contributed by atoms with E-state index in [1.54, 1.807) is 0 Å². The number of hydrogen-bond donors (Lipinski definition) is 1. The van der Waals surface area contributed by atoms with Crippen LogP contribution in [0.5, 0.6) is 0 Å². The number of nitrogens with one attached hydrogen (secondary N) is 1. The van der Waals surface area contributed by atoms with E-state index < -0.39 is 0 Å². The maximum atomic E-state index is 5.74. The van der Waals surface area contributed by atoms with Crippen molar-refractivity contribution >= 4 is 0 Å². The van der Waals surface area contributed by atoms with Crippen LogP contribution in [0.25, 0.3) is 0 Å². The summed E-state index contributed by atoms with van der Waals surface area (Å²) in [6, 6.07) is 0.802. The van der Waals surface area contributed by atoms with E-state index in [1.165, 1.54) is 38.8 Å². The predicted molar refractivity (Wildman–Crippen MR) is 66.7 cm³/mol. The molecule has 0 aromatic heterocycles. The first-order valence-electron chi connectivity index (χ1n) is 6.85. The minimum atomic E-state index is 0.411. The largest absolute Gasteiger partial charge is 0.373 e. The Kier molecular flexibility index (Phi) is 4.62. The standard InChI is InChI=1S/C13H26N2O/c1-11-9-15(10-12(2)16-11)8-4-6-13-5-3-7-14-13/h11-14H,3-10H2,1-2H3/t11-,12+,13?. The lowest BCUT2D eigenvalue weighted by atomic mass is 10.1. The molecule has 0 saturated carbocycles. The van der Waals surface area contributed by atoms with Crippen LogP contribution >= 0.6 is 0 Å². The van der Waals surface area contributed by atoms with Gasteiger partial charge < -0.3 is 10.1 Å². The lowest BCUT2D eigenvalue weighted by Gasteiger charge is -2.35. The fourth-order valence-electron chi connectivity index (χ4n) is 3.03. The maximum Gasteiger partial charge on any atom is 0.0678 e. The summed E-state index contributed by atoms with van der Waals surface area (Å²) in [5.74, 6) is 0. The Bertz CT molecular complexity index is 194. The van der Waals surface area contributed by atoms with Gasteiger partial charge in [0.2, 0.25) is 0 Å². The van der Waals surface area contributed by atoms with Crippen molar-refractivity contribution < 1.29 is 4.74 Å². The molecule has 0 bridgehead atoms. The second-order valence-electron chi connectivity index (χ2n) is 5.45. The minimum absolute atomic E-state index is 0.411. The number of rotatable bonds is 4. The zero-order chi connectivity index (χ0) is 11.4. The van der Waals surface area contributed by atoms with Gasteiger partial charge in [0.15, 0.2) is 0 Å². The molecule has 2 aliphatic rings. The van der Waals surface area contributed by atoms with Gasteiger partial charge in [0.25, 0.3) is 0 Å². The van der Waals surface area contributed by atoms with Gasteiger partial charge in [0, 0.05) is 19.1 Å². The van der Waals surface area contributed by atoms with Gasteiger partial charge in [-0.3, -0.25) is 4.90 Å². The zero-order valence-corrected chi connectivity index (χ0v) is 10.7. The van der Waals surface area contributed by atoms with Crippen LogP contribution in [0.3, 0.4) is 0 Å². The lowest BCUT2D eigenvalue weighted by Crippen LogP contribution is -2.45. The third-order valence-electron chi connectivity index (χ3n) is 3.68. The van der Waals surface area contributed by atoms with E-state index in [9.17, 15) is 0 Å². The van der Waals surface area contributed by atoms with E-state index in [4.69, 9.17) is 4.74 Å². The van der Waals surface area contributed by atoms with Crippen LogP contribution < -0.4 is 5.32 Å². The highest BCUT2D eigenvalue weighted by Crippen LogP contribution is 2.14. The molecule has 1 unspecified atom stereocenters. The molecule has 2 rings (SSSR count). The second kappa shape index (κ2) is 5.99. The van der Waals surface area contributed by atoms with Crippen LogP contribution in [0.1, 0.15) is 39.5 Å². The van der Waals surface area contributed by atoms with Crippen molar-refractivity contribution in [1.29, 1.82) is 0 Å². The van der Waals surface area contributed by atoms with E-state index in [0.717, 1.165) is 19.1 Å². The van der Waals surface area contributed by atoms with Gasteiger partial charge in [-0.2, -0.15) is 0 Å². The van der Waals surface area contributed by atoms with Crippen molar-refractivity contribution in [3.8, 4) is 0 Å². The third-order valence-corrected chi connectivity index (χ3v) is 3.68. The van der Waals surface area contributed by atoms with Crippen molar-refractivity contribution in [1.82, 2.24) is 10.2 Å². The number of morpholine rings is 1. The Morgan fingerprint density at radius 1 is 1.25 bits per heavy atom. The summed E-state index contributed by atoms with van der Waals surface area (Å²) in [6.07, 6.45) is 6.25. The predicted octanol–water partition coefficient (Wildman–Crippen LogP) is 1.63. The molecule has 3 nitrogen and oxygen atoms in total. The molecule has 2 fully saturated rings. The van der Waals surface area contributed by atoms with Crippen molar-refractivity contribution in [2.75, 3.05) is 26.2 Å². The molecule has 3 atom stereocenters. The molecule has 0 radical (unpaired) electrons. The van der Waals surface area contributed by atoms with E-state index in [0.29, 0.717) is 12.2 Å². The third kappa shape index (κ3) is 3.72. The monoisotopic (exact) mass is 226 g/mol. The topological polar surface area (TPSA) is 24.5 Å². The molecule has 2 heterocycles. The molecule has 0 spiro atoms. The summed E-state index contributed by atoms with van der Waals surface area (Å²) in [5, 5.41) is 3.57. The first kappa shape index (κ1) is 12.3. The van der Waals surface area contributed by atoms with Gasteiger partial charge in [-0.15, -0.1) is 0 Å². The minimum Gasteiger partial charge on any atom is -0.373 e. The molecule has 3 heteroatoms. The van der Waals surface area contributed by atoms with Crippen molar-refractivity contribution in [3.05, 3.63) is 0 Å². The molecule has 2 saturated heterocycles. The lowest BCUT2D eigenvalue weighted by molar-refractivity contribution is -0.0682. The maximum absolute atomic E-state index is 5.74. The first-order valence-corrected chi connectivity index (χ1v) is 6.85. The van der Waals surface area contributed by atoms with Crippen LogP contribution in [0, 0.1) is 0 Å². The summed E-state index contributed by atoms with van der Waals surface area (Å²) in [5.41, 5.74) is 0. The number of hydrogen-bond acceptors (Lipinski definition) is 3. The Morgan fingerprint density at radius 3 is 2.62 bits per heavy atom. The molecule has 16 heavy (non-hydrogen) atoms. The zero-order valence-electron chi connectivity index (χ0n) is 10.7. The molecule has 2 aliphatic heterocycles. The Labute approximate surface area is 99.5 Å². The molecular formula is C13H26N2O. The quantitative estimate of drug-likeness (QED) is 0.788. The van der Waals surface area contributed by atoms with Crippen LogP contribution in [-0.2, 0) is 4.74 Å². The van der Waals surface area contributed by atoms with Crippen molar-refractivity contribution in [2.45, 2.75) is 57.8 Å². The Hall–Kier alpha value is -0.120. The molecule has 0 aromatic rings. The first-order chi connectivity index (χ1) is 7.74. The Morgan fingerprint density at radius 2 is 2.00 bits per heavy atom. The Balaban J connectivity index is 1.61. The SMILES string of the molecule is C[C@@H]1CN(CCCC2CCCN2)C[C@H](C)O1. The van der Waals surface area contributed by atoms with Gasteiger partial charge in [0.1, 0.15) is 0 Å². The van der Waals surface area contributed by atoms with Crippen LogP contribution in [0.2, 0.25) is 0 Å². The second-order valence-corrected chi connectivity index (χ2v) is 5.45. The number of nitrogens with zero attached hydrogens (tertiary/aromatic N) is 1. The van der Waals surface area contributed by atoms with Crippen molar-refractivity contribution in [3.63, 3.8) is 0 Å². The van der Waals surface area contributed by atoms with Gasteiger partial charge in [-0.05, 0) is 52.6 Å². The van der Waals surface area contributed by atoms with Crippen LogP contribution in [-0.4, -0.2) is 49.3 Å². The highest BCUT2D eigenvalue weighted by molar-refractivity contribution is 4.76. The van der Waals surface area contributed by atoms with Gasteiger partial charge >= 0.3 is 0 Å². The molecule has 94 valence electrons. The van der Waals surface area contributed by atoms with E-state index in [1.807, 2.05) is 0 Å². The number of ether oxygens (including phenoxy) is 1. The average molecular weight is 226 g/mol. The smallest absolute Gasteiger partial charge is 0.0678 e. The summed E-state index contributed by atoms with van der Waals surface area (Å²) >= 11 is 0. The van der Waals surface area contributed by atoms with E-state index >= 15 is 0 Å². The van der Waals surface area contributed by atoms with Gasteiger partial charge in [-0.1, -0.05) is 0 Å². The summed E-state index contributed by atoms with van der Waals surface area (Å²) in [6.45, 7) is 9.07. The van der Waals surface area contributed by atoms with Gasteiger partial charge in [-0.25, -0.2) is 0 Å². The average Bonchev–Trinajstić information content (AvgIpc) is 2.69. The van der Waals surface area contributed by atoms with Crippen molar-refractivity contribution in [2.24, 2.45) is 0 Å². The molecule has 0 aliphatic carbocycles. The van der Waals surface area contributed by atoms with Gasteiger partial charge in [0.05, 0.1) is 12.2 Å². The normalized spacial score (nSPS) is 36.8. The van der Waals surface area contributed by atoms with E-state index in [-0.39, 0.29) is 0 Å². The summed E-state index contributed by atoms with van der Waals surface area (Å²) < 4.78 is 5.74.